The molecule has 0 fully saturated rings. The first-order valence-corrected chi connectivity index (χ1v) is 9.38. The summed E-state index contributed by atoms with van der Waals surface area (Å²) >= 11 is 13.1. The average molecular weight is 421 g/mol. The van der Waals surface area contributed by atoms with Crippen LogP contribution in [-0.4, -0.2) is 16.9 Å². The zero-order valence-corrected chi connectivity index (χ0v) is 16.4. The summed E-state index contributed by atoms with van der Waals surface area (Å²) in [5.41, 5.74) is 1.25. The normalized spacial score (nSPS) is 10.5. The minimum absolute atomic E-state index is 0.0887. The Morgan fingerprint density at radius 1 is 1.00 bits per heavy atom. The van der Waals surface area contributed by atoms with Crippen molar-refractivity contribution in [2.24, 2.45) is 0 Å². The van der Waals surface area contributed by atoms with E-state index in [9.17, 15) is 14.7 Å². The number of aryl methyl sites for hydroxylation is 1. The lowest BCUT2D eigenvalue weighted by atomic mass is 10.2. The van der Waals surface area contributed by atoms with Gasteiger partial charge < -0.3 is 15.7 Å². The van der Waals surface area contributed by atoms with Crippen molar-refractivity contribution in [3.05, 3.63) is 74.6 Å². The van der Waals surface area contributed by atoms with Gasteiger partial charge in [-0.3, -0.25) is 9.59 Å². The lowest BCUT2D eigenvalue weighted by Crippen LogP contribution is -2.12. The number of hydrogen-bond donors (Lipinski definition) is 3. The van der Waals surface area contributed by atoms with Crippen LogP contribution in [0.1, 0.15) is 25.6 Å². The van der Waals surface area contributed by atoms with Crippen LogP contribution in [0.5, 0.6) is 5.75 Å². The summed E-state index contributed by atoms with van der Waals surface area (Å²) in [6.07, 6.45) is 0. The van der Waals surface area contributed by atoms with Crippen molar-refractivity contribution < 1.29 is 14.7 Å². The maximum Gasteiger partial charge on any atom is 0.266 e. The second-order valence-corrected chi connectivity index (χ2v) is 7.57. The summed E-state index contributed by atoms with van der Waals surface area (Å²) in [7, 11) is 0. The van der Waals surface area contributed by atoms with E-state index in [1.165, 1.54) is 18.2 Å². The summed E-state index contributed by atoms with van der Waals surface area (Å²) in [6.45, 7) is 1.76. The van der Waals surface area contributed by atoms with Crippen molar-refractivity contribution in [1.29, 1.82) is 0 Å². The second kappa shape index (κ2) is 8.00. The van der Waals surface area contributed by atoms with E-state index in [4.69, 9.17) is 23.2 Å². The largest absolute Gasteiger partial charge is 0.506 e. The molecule has 5 nitrogen and oxygen atoms in total. The molecule has 138 valence electrons. The van der Waals surface area contributed by atoms with Crippen LogP contribution in [0, 0.1) is 6.92 Å². The van der Waals surface area contributed by atoms with Gasteiger partial charge >= 0.3 is 0 Å². The smallest absolute Gasteiger partial charge is 0.266 e. The molecule has 0 unspecified atom stereocenters. The van der Waals surface area contributed by atoms with Gasteiger partial charge in [0, 0.05) is 5.02 Å². The fraction of sp³-hybridized carbons (Fsp3) is 0.0526. The Kier molecular flexibility index (Phi) is 5.70. The fourth-order valence-corrected chi connectivity index (χ4v) is 3.74. The van der Waals surface area contributed by atoms with Gasteiger partial charge in [0.15, 0.2) is 0 Å². The van der Waals surface area contributed by atoms with Gasteiger partial charge in [0.2, 0.25) is 0 Å². The summed E-state index contributed by atoms with van der Waals surface area (Å²) in [5.74, 6) is -0.858. The first-order valence-electron chi connectivity index (χ1n) is 7.81. The molecule has 0 aliphatic carbocycles. The van der Waals surface area contributed by atoms with Gasteiger partial charge in [-0.05, 0) is 48.9 Å². The van der Waals surface area contributed by atoms with E-state index in [0.717, 1.165) is 11.3 Å². The van der Waals surface area contributed by atoms with Crippen molar-refractivity contribution in [1.82, 2.24) is 0 Å². The predicted octanol–water partition coefficient (Wildman–Crippen LogP) is 5.57. The Labute approximate surface area is 169 Å². The third-order valence-corrected chi connectivity index (χ3v) is 5.40. The molecule has 0 atom stereocenters. The number of nitrogens with one attached hydrogen (secondary N) is 2. The van der Waals surface area contributed by atoms with E-state index in [1.807, 2.05) is 0 Å². The number of thiophene rings is 1. The molecule has 8 heteroatoms. The van der Waals surface area contributed by atoms with Gasteiger partial charge in [-0.1, -0.05) is 35.3 Å². The van der Waals surface area contributed by atoms with E-state index < -0.39 is 5.91 Å². The van der Waals surface area contributed by atoms with Crippen molar-refractivity contribution in [3.8, 4) is 5.75 Å². The maximum atomic E-state index is 12.5. The SMILES string of the molecule is Cc1cc(NC(=O)c2ccccc2Cl)sc1C(=O)Nc1cc(Cl)ccc1O. The molecule has 0 aliphatic heterocycles. The Morgan fingerprint density at radius 2 is 1.74 bits per heavy atom. The van der Waals surface area contributed by atoms with Crippen molar-refractivity contribution in [2.75, 3.05) is 10.6 Å². The zero-order chi connectivity index (χ0) is 19.6. The highest BCUT2D eigenvalue weighted by Gasteiger charge is 2.18. The van der Waals surface area contributed by atoms with Gasteiger partial charge in [-0.15, -0.1) is 11.3 Å². The molecule has 3 N–H and O–H groups in total. The van der Waals surface area contributed by atoms with Gasteiger partial charge in [0.25, 0.3) is 11.8 Å². The molecule has 0 spiro atoms. The quantitative estimate of drug-likeness (QED) is 0.482. The highest BCUT2D eigenvalue weighted by molar-refractivity contribution is 7.18. The van der Waals surface area contributed by atoms with Crippen LogP contribution in [0.3, 0.4) is 0 Å². The van der Waals surface area contributed by atoms with E-state index >= 15 is 0 Å². The standard InChI is InChI=1S/C19H14Cl2N2O3S/c1-10-8-16(23-18(25)12-4-2-3-5-13(12)21)27-17(10)19(26)22-14-9-11(20)6-7-15(14)24/h2-9,24H,1H3,(H,22,26)(H,23,25). The summed E-state index contributed by atoms with van der Waals surface area (Å²) in [5, 5.41) is 16.4. The molecular formula is C19H14Cl2N2O3S. The molecule has 0 saturated carbocycles. The van der Waals surface area contributed by atoms with Gasteiger partial charge in [-0.25, -0.2) is 0 Å². The summed E-state index contributed by atoms with van der Waals surface area (Å²) in [4.78, 5) is 25.3. The molecule has 0 bridgehead atoms. The predicted molar refractivity (Wildman–Crippen MR) is 110 cm³/mol. The van der Waals surface area contributed by atoms with Crippen molar-refractivity contribution >= 4 is 57.0 Å². The minimum atomic E-state index is -0.409. The summed E-state index contributed by atoms with van der Waals surface area (Å²) < 4.78 is 0. The highest BCUT2D eigenvalue weighted by atomic mass is 35.5. The number of aromatic hydroxyl groups is 1. The molecule has 0 radical (unpaired) electrons. The van der Waals surface area contributed by atoms with Crippen LogP contribution in [0.15, 0.2) is 48.5 Å². The van der Waals surface area contributed by atoms with Gasteiger partial charge in [-0.2, -0.15) is 0 Å². The number of anilines is 2. The number of phenols is 1. The summed E-state index contributed by atoms with van der Waals surface area (Å²) in [6, 6.07) is 12.8. The molecule has 2 aromatic carbocycles. The van der Waals surface area contributed by atoms with E-state index in [2.05, 4.69) is 10.6 Å². The molecule has 0 aliphatic rings. The van der Waals surface area contributed by atoms with Crippen LogP contribution in [0.4, 0.5) is 10.7 Å². The van der Waals surface area contributed by atoms with Crippen molar-refractivity contribution in [2.45, 2.75) is 6.92 Å². The number of carbonyl (C=O) groups excluding carboxylic acids is 2. The number of carbonyl (C=O) groups is 2. The second-order valence-electron chi connectivity index (χ2n) is 5.67. The number of phenolic OH excluding ortho intramolecular Hbond substituents is 1. The molecule has 3 aromatic rings. The molecule has 0 saturated heterocycles. The number of amides is 2. The van der Waals surface area contributed by atoms with E-state index in [0.29, 0.717) is 31.1 Å². The van der Waals surface area contributed by atoms with Gasteiger partial charge in [0.1, 0.15) is 5.75 Å². The average Bonchev–Trinajstić information content (AvgIpc) is 2.98. The topological polar surface area (TPSA) is 78.4 Å². The number of rotatable bonds is 4. The van der Waals surface area contributed by atoms with E-state index in [-0.39, 0.29) is 17.3 Å². The van der Waals surface area contributed by atoms with Gasteiger partial charge in [0.05, 0.1) is 26.2 Å². The minimum Gasteiger partial charge on any atom is -0.506 e. The fourth-order valence-electron chi connectivity index (χ4n) is 2.38. The molecular weight excluding hydrogens is 407 g/mol. The first kappa shape index (κ1) is 19.2. The third kappa shape index (κ3) is 4.42. The molecule has 1 heterocycles. The van der Waals surface area contributed by atoms with Crippen LogP contribution >= 0.6 is 34.5 Å². The lowest BCUT2D eigenvalue weighted by Gasteiger charge is -2.07. The third-order valence-electron chi connectivity index (χ3n) is 3.69. The highest BCUT2D eigenvalue weighted by Crippen LogP contribution is 2.31. The molecule has 2 amide bonds. The zero-order valence-electron chi connectivity index (χ0n) is 14.0. The van der Waals surface area contributed by atoms with Crippen molar-refractivity contribution in [3.63, 3.8) is 0 Å². The Hall–Kier alpha value is -2.54. The number of halogens is 2. The van der Waals surface area contributed by atoms with E-state index in [1.54, 1.807) is 37.3 Å². The van der Waals surface area contributed by atoms with Crippen LogP contribution < -0.4 is 10.6 Å². The number of benzene rings is 2. The first-order chi connectivity index (χ1) is 12.8. The monoisotopic (exact) mass is 420 g/mol. The molecule has 27 heavy (non-hydrogen) atoms. The molecule has 1 aromatic heterocycles. The Bertz CT molecular complexity index is 1030. The van der Waals surface area contributed by atoms with Crippen LogP contribution in [-0.2, 0) is 0 Å². The lowest BCUT2D eigenvalue weighted by molar-refractivity contribution is 0.102. The molecule has 3 rings (SSSR count). The van der Waals surface area contributed by atoms with Crippen LogP contribution in [0.2, 0.25) is 10.0 Å². The van der Waals surface area contributed by atoms with Crippen LogP contribution in [0.25, 0.3) is 0 Å². The maximum absolute atomic E-state index is 12.5. The number of hydrogen-bond acceptors (Lipinski definition) is 4. The Morgan fingerprint density at radius 3 is 2.48 bits per heavy atom. The Balaban J connectivity index is 1.78.